The molecule has 0 radical (unpaired) electrons. The van der Waals surface area contributed by atoms with Gasteiger partial charge >= 0.3 is 0 Å². The summed E-state index contributed by atoms with van der Waals surface area (Å²) in [6.07, 6.45) is -2.19. The minimum absolute atomic E-state index is 0.00746. The molecule has 0 unspecified atom stereocenters. The number of carbonyl (C=O) groups excluding carboxylic acids is 3. The van der Waals surface area contributed by atoms with Crippen molar-refractivity contribution >= 4 is 41.0 Å². The predicted molar refractivity (Wildman–Crippen MR) is 152 cm³/mol. The van der Waals surface area contributed by atoms with Gasteiger partial charge in [-0.25, -0.2) is 27.5 Å². The highest BCUT2D eigenvalue weighted by Gasteiger charge is 2.49. The molecule has 1 saturated carbocycles. The number of amides is 3. The molecule has 1 saturated heterocycles. The molecule has 1 aliphatic heterocycles. The Morgan fingerprint density at radius 2 is 1.80 bits per heavy atom. The van der Waals surface area contributed by atoms with Gasteiger partial charge < -0.3 is 10.4 Å². The van der Waals surface area contributed by atoms with Gasteiger partial charge in [0, 0.05) is 48.2 Å². The molecule has 2 aromatic carbocycles. The molecule has 15 heteroatoms. The Morgan fingerprint density at radius 3 is 2.44 bits per heavy atom. The average Bonchev–Trinajstić information content (AvgIpc) is 3.30. The lowest BCUT2D eigenvalue weighted by atomic mass is 9.91. The predicted octanol–water partition coefficient (Wildman–Crippen LogP) is 4.21. The van der Waals surface area contributed by atoms with E-state index in [1.807, 2.05) is 0 Å². The number of nitrogens with zero attached hydrogens (tertiary/aromatic N) is 5. The van der Waals surface area contributed by atoms with Crippen LogP contribution in [0.5, 0.6) is 0 Å². The molecule has 10 nitrogen and oxygen atoms in total. The first kappa shape index (κ1) is 31.8. The van der Waals surface area contributed by atoms with Gasteiger partial charge in [-0.1, -0.05) is 29.8 Å². The quantitative estimate of drug-likeness (QED) is 0.367. The second-order valence-corrected chi connectivity index (χ2v) is 11.1. The highest BCUT2D eigenvalue weighted by Crippen LogP contribution is 2.38. The number of nitriles is 1. The maximum atomic E-state index is 14.6. The molecule has 2 fully saturated rings. The molecule has 1 aliphatic carbocycles. The summed E-state index contributed by atoms with van der Waals surface area (Å²) < 4.78 is 57.0. The van der Waals surface area contributed by atoms with Gasteiger partial charge in [0.2, 0.25) is 17.8 Å². The van der Waals surface area contributed by atoms with Crippen LogP contribution in [-0.2, 0) is 14.4 Å². The summed E-state index contributed by atoms with van der Waals surface area (Å²) in [5, 5.41) is 22.5. The van der Waals surface area contributed by atoms with Gasteiger partial charge in [-0.3, -0.25) is 24.2 Å². The summed E-state index contributed by atoms with van der Waals surface area (Å²) in [4.78, 5) is 51.1. The molecule has 45 heavy (non-hydrogen) atoms. The average molecular weight is 645 g/mol. The van der Waals surface area contributed by atoms with Crippen LogP contribution in [0.1, 0.15) is 49.4 Å². The van der Waals surface area contributed by atoms with Gasteiger partial charge in [-0.05, 0) is 37.1 Å². The third kappa shape index (κ3) is 6.74. The Balaban J connectivity index is 1.63. The first-order chi connectivity index (χ1) is 21.4. The number of alkyl halides is 2. The molecule has 234 valence electrons. The Labute approximate surface area is 259 Å². The van der Waals surface area contributed by atoms with E-state index in [-0.39, 0.29) is 29.1 Å². The van der Waals surface area contributed by atoms with Crippen molar-refractivity contribution in [3.05, 3.63) is 82.6 Å². The lowest BCUT2D eigenvalue weighted by molar-refractivity contribution is -0.128. The first-order valence-electron chi connectivity index (χ1n) is 13.8. The summed E-state index contributed by atoms with van der Waals surface area (Å²) >= 11 is 6.49. The molecule has 2 aliphatic rings. The smallest absolute Gasteiger partial charge is 0.259 e. The van der Waals surface area contributed by atoms with Gasteiger partial charge in [0.15, 0.2) is 0 Å². The third-order valence-corrected chi connectivity index (χ3v) is 8.02. The number of benzene rings is 2. The minimum atomic E-state index is -2.89. The van der Waals surface area contributed by atoms with Crippen LogP contribution in [0.25, 0.3) is 0 Å². The highest BCUT2D eigenvalue weighted by molar-refractivity contribution is 6.31. The molecular weight excluding hydrogens is 620 g/mol. The van der Waals surface area contributed by atoms with E-state index in [1.165, 1.54) is 24.3 Å². The number of hydrogen-bond donors (Lipinski definition) is 2. The van der Waals surface area contributed by atoms with Crippen LogP contribution in [-0.4, -0.2) is 56.9 Å². The highest BCUT2D eigenvalue weighted by atomic mass is 35.5. The number of hydrogen-bond acceptors (Lipinski definition) is 7. The van der Waals surface area contributed by atoms with Gasteiger partial charge in [0.1, 0.15) is 41.6 Å². The normalized spacial score (nSPS) is 20.4. The van der Waals surface area contributed by atoms with Crippen LogP contribution >= 0.6 is 11.6 Å². The number of nitrogens with one attached hydrogen (secondary N) is 1. The summed E-state index contributed by atoms with van der Waals surface area (Å²) in [6.45, 7) is 0. The SMILES string of the molecule is N#Cc1ccnc(N2C(=O)[C@H](O)C[C@H]2C(=O)N(c2cc(F)cc(F)c2)[C@H](C(=O)NC2CCC(F)(F)CC2)c2ccccc2Cl)n1. The molecule has 5 rings (SSSR count). The Hall–Kier alpha value is -4.61. The second-order valence-electron chi connectivity index (χ2n) is 10.7. The lowest BCUT2D eigenvalue weighted by Gasteiger charge is -2.36. The Bertz CT molecular complexity index is 1660. The summed E-state index contributed by atoms with van der Waals surface area (Å²) in [5.74, 6) is -8.45. The number of carbonyl (C=O) groups is 3. The van der Waals surface area contributed by atoms with Crippen LogP contribution in [0.4, 0.5) is 29.2 Å². The number of aliphatic hydroxyl groups excluding tert-OH is 1. The fourth-order valence-corrected chi connectivity index (χ4v) is 5.75. The van der Waals surface area contributed by atoms with Crippen LogP contribution in [0, 0.1) is 23.0 Å². The zero-order chi connectivity index (χ0) is 32.5. The lowest BCUT2D eigenvalue weighted by Crippen LogP contribution is -2.53. The van der Waals surface area contributed by atoms with E-state index in [9.17, 15) is 42.3 Å². The van der Waals surface area contributed by atoms with Gasteiger partial charge in [-0.15, -0.1) is 0 Å². The monoisotopic (exact) mass is 644 g/mol. The number of halogens is 5. The fraction of sp³-hybridized carbons (Fsp3) is 0.333. The zero-order valence-electron chi connectivity index (χ0n) is 23.3. The molecule has 2 N–H and O–H groups in total. The maximum Gasteiger partial charge on any atom is 0.259 e. The van der Waals surface area contributed by atoms with E-state index < -0.39 is 90.4 Å². The van der Waals surface area contributed by atoms with Crippen molar-refractivity contribution < 1.29 is 37.1 Å². The van der Waals surface area contributed by atoms with Crippen molar-refractivity contribution in [2.75, 3.05) is 9.80 Å². The Morgan fingerprint density at radius 1 is 1.13 bits per heavy atom. The number of aromatic nitrogens is 2. The van der Waals surface area contributed by atoms with E-state index in [0.717, 1.165) is 28.1 Å². The number of rotatable bonds is 7. The van der Waals surface area contributed by atoms with Crippen molar-refractivity contribution in [1.29, 1.82) is 5.26 Å². The molecule has 2 heterocycles. The standard InChI is InChI=1S/C30H25ClF4N6O4/c31-22-4-2-1-3-21(22)25(26(43)38-18-5-8-30(34,35)9-6-18)40(20-12-16(32)11-17(33)13-20)27(44)23-14-24(42)28(45)41(23)29-37-10-7-19(15-36)39-29/h1-4,7,10-13,18,23-25,42H,5-6,8-9,14H2,(H,38,43)/t23-,24+,25-/m0/s1. The first-order valence-corrected chi connectivity index (χ1v) is 14.2. The van der Waals surface area contributed by atoms with E-state index in [2.05, 4.69) is 15.3 Å². The maximum absolute atomic E-state index is 14.6. The van der Waals surface area contributed by atoms with Gasteiger partial charge in [0.25, 0.3) is 11.8 Å². The van der Waals surface area contributed by atoms with E-state index >= 15 is 0 Å². The van der Waals surface area contributed by atoms with Crippen LogP contribution in [0.15, 0.2) is 54.7 Å². The fourth-order valence-electron chi connectivity index (χ4n) is 5.51. The summed E-state index contributed by atoms with van der Waals surface area (Å²) in [5.41, 5.74) is -0.570. The van der Waals surface area contributed by atoms with Crippen molar-refractivity contribution in [1.82, 2.24) is 15.3 Å². The van der Waals surface area contributed by atoms with E-state index in [1.54, 1.807) is 12.1 Å². The second kappa shape index (κ2) is 12.8. The van der Waals surface area contributed by atoms with Crippen molar-refractivity contribution in [3.8, 4) is 6.07 Å². The molecular formula is C30H25ClF4N6O4. The number of anilines is 2. The van der Waals surface area contributed by atoms with Crippen molar-refractivity contribution in [2.45, 2.75) is 62.3 Å². The molecule has 0 spiro atoms. The molecule has 0 bridgehead atoms. The molecule has 3 amide bonds. The summed E-state index contributed by atoms with van der Waals surface area (Å²) in [6, 6.07) is 7.00. The molecule has 3 aromatic rings. The van der Waals surface area contributed by atoms with Crippen molar-refractivity contribution in [3.63, 3.8) is 0 Å². The van der Waals surface area contributed by atoms with Crippen molar-refractivity contribution in [2.24, 2.45) is 0 Å². The van der Waals surface area contributed by atoms with Gasteiger partial charge in [-0.2, -0.15) is 5.26 Å². The van der Waals surface area contributed by atoms with Gasteiger partial charge in [0.05, 0.1) is 5.69 Å². The largest absolute Gasteiger partial charge is 0.383 e. The zero-order valence-corrected chi connectivity index (χ0v) is 24.1. The molecule has 1 aromatic heterocycles. The van der Waals surface area contributed by atoms with E-state index in [4.69, 9.17) is 11.6 Å². The Kier molecular flexibility index (Phi) is 9.03. The molecule has 3 atom stereocenters. The third-order valence-electron chi connectivity index (χ3n) is 7.67. The number of aliphatic hydroxyl groups is 1. The topological polar surface area (TPSA) is 140 Å². The van der Waals surface area contributed by atoms with E-state index in [0.29, 0.717) is 6.07 Å². The van der Waals surface area contributed by atoms with Crippen LogP contribution < -0.4 is 15.1 Å². The summed E-state index contributed by atoms with van der Waals surface area (Å²) in [7, 11) is 0. The van der Waals surface area contributed by atoms with Crippen LogP contribution in [0.2, 0.25) is 5.02 Å². The van der Waals surface area contributed by atoms with Crippen LogP contribution in [0.3, 0.4) is 0 Å². The minimum Gasteiger partial charge on any atom is -0.383 e.